The van der Waals surface area contributed by atoms with Crippen molar-refractivity contribution in [3.05, 3.63) is 104 Å². The summed E-state index contributed by atoms with van der Waals surface area (Å²) in [7, 11) is 0. The van der Waals surface area contributed by atoms with E-state index in [-0.39, 0.29) is 16.8 Å². The summed E-state index contributed by atoms with van der Waals surface area (Å²) >= 11 is 0. The van der Waals surface area contributed by atoms with Gasteiger partial charge in [-0.25, -0.2) is 0 Å². The lowest BCUT2D eigenvalue weighted by atomic mass is 9.71. The Kier molecular flexibility index (Phi) is 3.86. The number of esters is 1. The number of benzene rings is 6. The average Bonchev–Trinajstić information content (AvgIpc) is 3.88. The first-order valence-electron chi connectivity index (χ1n) is 22.1. The highest BCUT2D eigenvalue weighted by Gasteiger charge is 2.81. The van der Waals surface area contributed by atoms with Crippen LogP contribution >= 0.6 is 0 Å². The molecule has 7 atom stereocenters. The Morgan fingerprint density at radius 2 is 1.59 bits per heavy atom. The number of rotatable bonds is 7. The Morgan fingerprint density at radius 1 is 0.804 bits per heavy atom. The second kappa shape index (κ2) is 7.83. The fourth-order valence-corrected chi connectivity index (χ4v) is 17.8. The number of hydrogen-bond donors (Lipinski definition) is 0. The highest BCUT2D eigenvalue weighted by atomic mass is 16.5. The molecule has 0 radical (unpaired) electrons. The zero-order valence-electron chi connectivity index (χ0n) is 31.8. The van der Waals surface area contributed by atoms with Crippen LogP contribution in [0.4, 0.5) is 0 Å². The molecule has 2 fully saturated rings. The van der Waals surface area contributed by atoms with E-state index in [0.29, 0.717) is 42.6 Å². The Bertz CT molecular complexity index is 3620. The first-order valence-corrected chi connectivity index (χ1v) is 22.1. The molecule has 0 N–H and O–H groups in total. The smallest absolute Gasteiger partial charge is 0.305 e. The number of hydrogen-bond acceptors (Lipinski definition) is 2. The van der Waals surface area contributed by atoms with Gasteiger partial charge in [0, 0.05) is 35.0 Å². The number of allylic oxidation sites excluding steroid dienone is 2. The van der Waals surface area contributed by atoms with Crippen LogP contribution in [-0.4, -0.2) is 12.6 Å². The van der Waals surface area contributed by atoms with Gasteiger partial charge in [-0.1, -0.05) is 68.0 Å². The second-order valence-corrected chi connectivity index (χ2v) is 20.9. The fourth-order valence-electron chi connectivity index (χ4n) is 17.8. The van der Waals surface area contributed by atoms with Crippen LogP contribution in [-0.2, 0) is 33.2 Å². The largest absolute Gasteiger partial charge is 0.465 e. The van der Waals surface area contributed by atoms with Gasteiger partial charge < -0.3 is 4.74 Å². The van der Waals surface area contributed by atoms with Crippen LogP contribution in [0.3, 0.4) is 0 Å². The number of carbonyl (C=O) groups is 1. The van der Waals surface area contributed by atoms with Crippen LogP contribution in [0.1, 0.15) is 120 Å². The third-order valence-corrected chi connectivity index (χ3v) is 18.7. The van der Waals surface area contributed by atoms with E-state index in [1.807, 2.05) is 5.57 Å². The minimum absolute atomic E-state index is 0.0245. The Hall–Kier alpha value is -4.95. The maximum atomic E-state index is 13.3. The van der Waals surface area contributed by atoms with E-state index < -0.39 is 0 Å². The van der Waals surface area contributed by atoms with Crippen LogP contribution in [0.25, 0.3) is 86.6 Å². The molecule has 7 unspecified atom stereocenters. The Labute approximate surface area is 322 Å². The maximum absolute atomic E-state index is 13.3. The molecule has 266 valence electrons. The van der Waals surface area contributed by atoms with Gasteiger partial charge >= 0.3 is 5.97 Å². The molecule has 9 aromatic rings. The molecule has 0 aliphatic heterocycles. The molecule has 0 heterocycles. The van der Waals surface area contributed by atoms with E-state index in [4.69, 9.17) is 4.74 Å². The summed E-state index contributed by atoms with van der Waals surface area (Å²) in [6, 6.07) is 17.2. The first kappa shape index (κ1) is 27.6. The lowest BCUT2D eigenvalue weighted by Crippen LogP contribution is -2.26. The van der Waals surface area contributed by atoms with E-state index in [9.17, 15) is 4.79 Å². The molecule has 9 aliphatic rings. The zero-order chi connectivity index (χ0) is 35.8. The summed E-state index contributed by atoms with van der Waals surface area (Å²) in [5.41, 5.74) is 18.6. The van der Waals surface area contributed by atoms with Crippen molar-refractivity contribution in [1.82, 2.24) is 0 Å². The van der Waals surface area contributed by atoms with E-state index in [1.54, 1.807) is 131 Å². The van der Waals surface area contributed by atoms with E-state index >= 15 is 0 Å². The van der Waals surface area contributed by atoms with Crippen molar-refractivity contribution in [2.45, 2.75) is 93.8 Å². The fraction of sp³-hybridized carbons (Fsp3) is 0.352. The van der Waals surface area contributed by atoms with Crippen molar-refractivity contribution in [3.8, 4) is 0 Å². The van der Waals surface area contributed by atoms with Crippen LogP contribution in [0.15, 0.2) is 48.5 Å². The summed E-state index contributed by atoms with van der Waals surface area (Å²) in [5, 5.41) is 25.2. The van der Waals surface area contributed by atoms with Crippen molar-refractivity contribution in [1.29, 1.82) is 0 Å². The normalized spacial score (nSPS) is 30.9. The predicted molar refractivity (Wildman–Crippen MR) is 225 cm³/mol. The summed E-state index contributed by atoms with van der Waals surface area (Å²) in [5.74, 6) is 3.28. The molecule has 0 saturated heterocycles. The minimum Gasteiger partial charge on any atom is -0.465 e. The van der Waals surface area contributed by atoms with Crippen molar-refractivity contribution >= 4 is 92.5 Å². The van der Waals surface area contributed by atoms with Gasteiger partial charge in [0.05, 0.1) is 6.61 Å². The van der Waals surface area contributed by atoms with Gasteiger partial charge in [0.15, 0.2) is 0 Å². The lowest BCUT2D eigenvalue weighted by Gasteiger charge is -2.32. The third-order valence-electron chi connectivity index (χ3n) is 18.7. The average molecular weight is 719 g/mol. The van der Waals surface area contributed by atoms with Crippen molar-refractivity contribution in [2.75, 3.05) is 6.61 Å². The van der Waals surface area contributed by atoms with E-state index in [1.165, 1.54) is 31.2 Å². The Morgan fingerprint density at radius 3 is 2.46 bits per heavy atom. The zero-order valence-corrected chi connectivity index (χ0v) is 31.8. The minimum atomic E-state index is -0.0502. The molecule has 9 aromatic carbocycles. The quantitative estimate of drug-likeness (QED) is 0.121. The third kappa shape index (κ3) is 2.28. The molecule has 2 heteroatoms. The maximum Gasteiger partial charge on any atom is 0.305 e. The standard InChI is InChI=1S/C54H38O2/c1-20(2)19-56-30(55)9-6-10-53(28-7-4-3-5-8-28)52-29-17-26-15-23-13-24-12-21-11-22-14-25-16-27-18-54(52,53)51-37(27)42-36(25)41-32(22)31(21)39-35(24)40-33(23)34(26)43-38(29)50(51)49-47(42)45(41)44(39)46(40)48(43)49/h3-5,7-8,13,16-17,20-22,27,31,52H,6,9-12,14-15,18-19H2,1-2H3. The van der Waals surface area contributed by atoms with Gasteiger partial charge in [-0.15, -0.1) is 0 Å². The SMILES string of the molecule is CC(C)COC(=O)CCCC1(c2ccccc2)C2c3cc4c5c6c(cc7c8c9c%10c%11c%12c%13c%14c%15c(c%16c3c5c(c%10c86)c%16c%14%11)C21CC%15C=C%13CC1CC(C7)C9C=%121)C4. The summed E-state index contributed by atoms with van der Waals surface area (Å²) in [4.78, 5) is 13.3. The predicted octanol–water partition coefficient (Wildman–Crippen LogP) is 11.5. The van der Waals surface area contributed by atoms with Gasteiger partial charge in [-0.05, 0) is 199 Å². The number of carbonyl (C=O) groups excluding carboxylic acids is 1. The number of ether oxygens (including phenoxy) is 1. The molecule has 2 nitrogen and oxygen atoms in total. The topological polar surface area (TPSA) is 26.3 Å². The van der Waals surface area contributed by atoms with Crippen LogP contribution in [0.5, 0.6) is 0 Å². The van der Waals surface area contributed by atoms with Gasteiger partial charge in [0.2, 0.25) is 0 Å². The molecule has 0 bridgehead atoms. The first-order chi connectivity index (χ1) is 27.5. The van der Waals surface area contributed by atoms with Crippen LogP contribution in [0, 0.1) is 17.8 Å². The highest BCUT2D eigenvalue weighted by molar-refractivity contribution is 6.56. The lowest BCUT2D eigenvalue weighted by molar-refractivity contribution is -0.144. The van der Waals surface area contributed by atoms with Gasteiger partial charge in [-0.2, -0.15) is 0 Å². The van der Waals surface area contributed by atoms with Gasteiger partial charge in [0.1, 0.15) is 0 Å². The van der Waals surface area contributed by atoms with Crippen molar-refractivity contribution < 1.29 is 9.53 Å². The summed E-state index contributed by atoms with van der Waals surface area (Å²) in [6.45, 7) is 4.77. The number of fused-ring (bicyclic) bond motifs is 1. The highest BCUT2D eigenvalue weighted by Crippen LogP contribution is 2.87. The Balaban J connectivity index is 1.05. The molecule has 18 rings (SSSR count). The van der Waals surface area contributed by atoms with Crippen molar-refractivity contribution in [3.63, 3.8) is 0 Å². The summed E-state index contributed by atoms with van der Waals surface area (Å²) < 4.78 is 5.80. The van der Waals surface area contributed by atoms with Crippen molar-refractivity contribution in [2.24, 2.45) is 17.8 Å². The molecule has 56 heavy (non-hydrogen) atoms. The molecule has 0 aromatic heterocycles. The molecule has 9 aliphatic carbocycles. The molecular weight excluding hydrogens is 681 g/mol. The molecule has 1 spiro atoms. The van der Waals surface area contributed by atoms with E-state index in [2.05, 4.69) is 62.4 Å². The van der Waals surface area contributed by atoms with Crippen LogP contribution in [0.2, 0.25) is 0 Å². The van der Waals surface area contributed by atoms with Gasteiger partial charge in [0.25, 0.3) is 0 Å². The summed E-state index contributed by atoms with van der Waals surface area (Å²) in [6.07, 6.45) is 11.4. The molecular formula is C54H38O2. The van der Waals surface area contributed by atoms with E-state index in [0.717, 1.165) is 25.2 Å². The second-order valence-electron chi connectivity index (χ2n) is 20.9. The monoisotopic (exact) mass is 718 g/mol. The molecule has 2 saturated carbocycles. The van der Waals surface area contributed by atoms with Gasteiger partial charge in [-0.3, -0.25) is 4.79 Å². The molecule has 0 amide bonds. The van der Waals surface area contributed by atoms with Crippen LogP contribution < -0.4 is 5.22 Å².